The Kier molecular flexibility index (Phi) is 3.83. The molecule has 7 heteroatoms. The van der Waals surface area contributed by atoms with Crippen LogP contribution in [0.2, 0.25) is 0 Å². The highest BCUT2D eigenvalue weighted by molar-refractivity contribution is 7.88. The Bertz CT molecular complexity index is 563. The fraction of sp³-hybridized carbons (Fsp3) is 0.769. The van der Waals surface area contributed by atoms with Crippen molar-refractivity contribution in [2.24, 2.45) is 0 Å². The minimum atomic E-state index is -3.16. The predicted octanol–water partition coefficient (Wildman–Crippen LogP) is 0.732. The van der Waals surface area contributed by atoms with Crippen LogP contribution >= 0.6 is 0 Å². The molecular formula is C13H22N4O2S. The molecule has 2 aliphatic rings. The van der Waals surface area contributed by atoms with E-state index in [0.717, 1.165) is 13.1 Å². The third-order valence-electron chi connectivity index (χ3n) is 4.33. The summed E-state index contributed by atoms with van der Waals surface area (Å²) < 4.78 is 27.2. The molecule has 0 amide bonds. The lowest BCUT2D eigenvalue weighted by atomic mass is 10.1. The molecule has 0 spiro atoms. The summed E-state index contributed by atoms with van der Waals surface area (Å²) in [4.78, 5) is 2.50. The van der Waals surface area contributed by atoms with E-state index in [9.17, 15) is 8.42 Å². The molecule has 0 aromatic carbocycles. The van der Waals surface area contributed by atoms with Gasteiger partial charge in [0.15, 0.2) is 0 Å². The lowest BCUT2D eigenvalue weighted by Gasteiger charge is -2.37. The van der Waals surface area contributed by atoms with E-state index in [1.54, 1.807) is 6.20 Å². The van der Waals surface area contributed by atoms with Crippen LogP contribution in [0, 0.1) is 0 Å². The molecule has 112 valence electrons. The van der Waals surface area contributed by atoms with Crippen LogP contribution in [0.5, 0.6) is 0 Å². The van der Waals surface area contributed by atoms with Gasteiger partial charge in [0.05, 0.1) is 18.0 Å². The van der Waals surface area contributed by atoms with Crippen LogP contribution in [0.3, 0.4) is 0 Å². The molecule has 3 rings (SSSR count). The fourth-order valence-electron chi connectivity index (χ4n) is 3.36. The molecule has 1 unspecified atom stereocenters. The highest BCUT2D eigenvalue weighted by atomic mass is 32.2. The average Bonchev–Trinajstić information content (AvgIpc) is 3.05. The van der Waals surface area contributed by atoms with Crippen LogP contribution < -0.4 is 4.72 Å². The van der Waals surface area contributed by atoms with Crippen molar-refractivity contribution in [3.8, 4) is 0 Å². The van der Waals surface area contributed by atoms with E-state index in [0.29, 0.717) is 12.6 Å². The number of nitrogens with zero attached hydrogens (tertiary/aromatic N) is 3. The van der Waals surface area contributed by atoms with Gasteiger partial charge in [0.1, 0.15) is 0 Å². The van der Waals surface area contributed by atoms with E-state index in [1.165, 1.54) is 37.6 Å². The molecule has 1 fully saturated rings. The van der Waals surface area contributed by atoms with Crippen molar-refractivity contribution in [2.75, 3.05) is 19.3 Å². The first kappa shape index (κ1) is 14.0. The summed E-state index contributed by atoms with van der Waals surface area (Å²) >= 11 is 0. The maximum absolute atomic E-state index is 11.3. The van der Waals surface area contributed by atoms with Crippen LogP contribution in [0.25, 0.3) is 0 Å². The van der Waals surface area contributed by atoms with E-state index in [-0.39, 0.29) is 6.04 Å². The standard InChI is InChI=1S/C13H22N4O2S/c1-20(18,19)15-8-13-10-16(11-4-2-3-5-11)9-12-6-7-14-17(12)13/h6-7,11,13,15H,2-5,8-10H2,1H3. The Labute approximate surface area is 120 Å². The van der Waals surface area contributed by atoms with Gasteiger partial charge in [-0.1, -0.05) is 12.8 Å². The third kappa shape index (κ3) is 3.05. The van der Waals surface area contributed by atoms with Gasteiger partial charge in [0.2, 0.25) is 10.0 Å². The molecule has 1 N–H and O–H groups in total. The normalized spacial score (nSPS) is 24.9. The van der Waals surface area contributed by atoms with E-state index in [1.807, 2.05) is 10.7 Å². The Morgan fingerprint density at radius 1 is 1.40 bits per heavy atom. The smallest absolute Gasteiger partial charge is 0.208 e. The number of hydrogen-bond acceptors (Lipinski definition) is 4. The molecule has 1 aromatic rings. The summed E-state index contributed by atoms with van der Waals surface area (Å²) in [6.07, 6.45) is 8.16. The fourth-order valence-corrected chi connectivity index (χ4v) is 3.86. The van der Waals surface area contributed by atoms with Crippen molar-refractivity contribution < 1.29 is 8.42 Å². The van der Waals surface area contributed by atoms with Gasteiger partial charge in [-0.15, -0.1) is 0 Å². The molecular weight excluding hydrogens is 276 g/mol. The summed E-state index contributed by atoms with van der Waals surface area (Å²) in [7, 11) is -3.16. The maximum atomic E-state index is 11.3. The molecule has 1 saturated carbocycles. The zero-order valence-corrected chi connectivity index (χ0v) is 12.6. The summed E-state index contributed by atoms with van der Waals surface area (Å²) in [5.74, 6) is 0. The molecule has 0 bridgehead atoms. The number of sulfonamides is 1. The molecule has 20 heavy (non-hydrogen) atoms. The van der Waals surface area contributed by atoms with Crippen LogP contribution in [0.4, 0.5) is 0 Å². The largest absolute Gasteiger partial charge is 0.292 e. The minimum absolute atomic E-state index is 0.0871. The maximum Gasteiger partial charge on any atom is 0.208 e. The first-order chi connectivity index (χ1) is 9.53. The molecule has 2 heterocycles. The van der Waals surface area contributed by atoms with Gasteiger partial charge in [-0.25, -0.2) is 13.1 Å². The van der Waals surface area contributed by atoms with Gasteiger partial charge in [0.25, 0.3) is 0 Å². The van der Waals surface area contributed by atoms with Crippen LogP contribution in [0.1, 0.15) is 37.4 Å². The third-order valence-corrected chi connectivity index (χ3v) is 5.02. The van der Waals surface area contributed by atoms with Crippen molar-refractivity contribution in [1.29, 1.82) is 0 Å². The van der Waals surface area contributed by atoms with Crippen molar-refractivity contribution in [3.63, 3.8) is 0 Å². The topological polar surface area (TPSA) is 67.2 Å². The number of rotatable bonds is 4. The number of nitrogens with one attached hydrogen (secondary N) is 1. The first-order valence-corrected chi connectivity index (χ1v) is 9.13. The first-order valence-electron chi connectivity index (χ1n) is 7.24. The SMILES string of the molecule is CS(=O)(=O)NCC1CN(C2CCCC2)Cc2ccnn21. The molecule has 1 aliphatic heterocycles. The zero-order valence-electron chi connectivity index (χ0n) is 11.8. The van der Waals surface area contributed by atoms with Crippen LogP contribution in [-0.2, 0) is 16.6 Å². The summed E-state index contributed by atoms with van der Waals surface area (Å²) in [6, 6.07) is 2.78. The number of aromatic nitrogens is 2. The van der Waals surface area contributed by atoms with Crippen molar-refractivity contribution in [2.45, 2.75) is 44.3 Å². The number of fused-ring (bicyclic) bond motifs is 1. The molecule has 1 aromatic heterocycles. The Morgan fingerprint density at radius 2 is 2.15 bits per heavy atom. The quantitative estimate of drug-likeness (QED) is 0.890. The van der Waals surface area contributed by atoms with Gasteiger partial charge in [-0.05, 0) is 18.9 Å². The molecule has 0 saturated heterocycles. The Balaban J connectivity index is 1.75. The van der Waals surface area contributed by atoms with Crippen LogP contribution in [-0.4, -0.2) is 48.5 Å². The highest BCUT2D eigenvalue weighted by Crippen LogP contribution is 2.29. The molecule has 6 nitrogen and oxygen atoms in total. The van der Waals surface area contributed by atoms with Crippen molar-refractivity contribution in [1.82, 2.24) is 19.4 Å². The lowest BCUT2D eigenvalue weighted by molar-refractivity contribution is 0.125. The van der Waals surface area contributed by atoms with Crippen molar-refractivity contribution >= 4 is 10.0 Å². The van der Waals surface area contributed by atoms with Gasteiger partial charge in [-0.3, -0.25) is 9.58 Å². The predicted molar refractivity (Wildman–Crippen MR) is 76.8 cm³/mol. The lowest BCUT2D eigenvalue weighted by Crippen LogP contribution is -2.46. The number of hydrogen-bond donors (Lipinski definition) is 1. The van der Waals surface area contributed by atoms with Crippen molar-refractivity contribution in [3.05, 3.63) is 18.0 Å². The van der Waals surface area contributed by atoms with Crippen LogP contribution in [0.15, 0.2) is 12.3 Å². The average molecular weight is 298 g/mol. The second kappa shape index (κ2) is 5.46. The highest BCUT2D eigenvalue weighted by Gasteiger charge is 2.31. The summed E-state index contributed by atoms with van der Waals surface area (Å²) in [5, 5.41) is 4.36. The molecule has 0 radical (unpaired) electrons. The van der Waals surface area contributed by atoms with Gasteiger partial charge in [-0.2, -0.15) is 5.10 Å². The molecule has 1 aliphatic carbocycles. The van der Waals surface area contributed by atoms with Gasteiger partial charge in [0, 0.05) is 31.9 Å². The second-order valence-electron chi connectivity index (χ2n) is 5.91. The van der Waals surface area contributed by atoms with Gasteiger partial charge < -0.3 is 0 Å². The van der Waals surface area contributed by atoms with Gasteiger partial charge >= 0.3 is 0 Å². The van der Waals surface area contributed by atoms with E-state index in [4.69, 9.17) is 0 Å². The summed E-state index contributed by atoms with van der Waals surface area (Å²) in [5.41, 5.74) is 1.18. The minimum Gasteiger partial charge on any atom is -0.292 e. The summed E-state index contributed by atoms with van der Waals surface area (Å²) in [6.45, 7) is 2.22. The second-order valence-corrected chi connectivity index (χ2v) is 7.74. The van der Waals surface area contributed by atoms with E-state index in [2.05, 4.69) is 14.7 Å². The zero-order chi connectivity index (χ0) is 14.2. The Hall–Kier alpha value is -0.920. The van der Waals surface area contributed by atoms with E-state index < -0.39 is 10.0 Å². The Morgan fingerprint density at radius 3 is 2.85 bits per heavy atom. The molecule has 1 atom stereocenters. The van der Waals surface area contributed by atoms with E-state index >= 15 is 0 Å². The monoisotopic (exact) mass is 298 g/mol.